The number of thiocarbonyl (C=S) groups is 1. The second-order valence-electron chi connectivity index (χ2n) is 6.35. The molecule has 0 amide bonds. The minimum absolute atomic E-state index is 0.190. The summed E-state index contributed by atoms with van der Waals surface area (Å²) in [5.41, 5.74) is 1.82. The summed E-state index contributed by atoms with van der Waals surface area (Å²) < 4.78 is 10.8. The molecule has 168 valence electrons. The highest BCUT2D eigenvalue weighted by atomic mass is 32.1. The van der Waals surface area contributed by atoms with Gasteiger partial charge in [0, 0.05) is 17.8 Å². The highest BCUT2D eigenvalue weighted by Crippen LogP contribution is 2.18. The van der Waals surface area contributed by atoms with Crippen LogP contribution in [0.3, 0.4) is 0 Å². The van der Waals surface area contributed by atoms with Gasteiger partial charge in [0.1, 0.15) is 23.7 Å². The van der Waals surface area contributed by atoms with E-state index in [2.05, 4.69) is 10.6 Å². The Morgan fingerprint density at radius 1 is 0.839 bits per heavy atom. The van der Waals surface area contributed by atoms with Crippen LogP contribution >= 0.6 is 12.2 Å². The van der Waals surface area contributed by atoms with Gasteiger partial charge in [-0.3, -0.25) is 9.59 Å². The van der Waals surface area contributed by atoms with Crippen molar-refractivity contribution in [3.05, 3.63) is 48.5 Å². The van der Waals surface area contributed by atoms with Gasteiger partial charge in [0.05, 0.1) is 13.2 Å². The zero-order chi connectivity index (χ0) is 23.1. The highest BCUT2D eigenvalue weighted by molar-refractivity contribution is 7.80. The summed E-state index contributed by atoms with van der Waals surface area (Å²) in [5, 5.41) is 14.9. The van der Waals surface area contributed by atoms with Crippen molar-refractivity contribution in [1.29, 1.82) is 0 Å². The van der Waals surface area contributed by atoms with Gasteiger partial charge in [-0.05, 0) is 81.0 Å². The number of carbonyl (C=O) groups is 2. The average Bonchev–Trinajstić information content (AvgIpc) is 2.71. The van der Waals surface area contributed by atoms with E-state index >= 15 is 0 Å². The standard InChI is InChI=1S/C17H20N2O2S.C6H10O3/c1-3-20-15-9-5-13(6-10-15)18-17(22)19-14-7-11-16(12-8-14)21-4-2;1-2-3-5(7)4-6(8)9/h5-12H,3-4H2,1-2H3,(H2,18,19,22);2-4H2,1H3,(H,8,9). The molecule has 0 aliphatic carbocycles. The smallest absolute Gasteiger partial charge is 0.310 e. The molecule has 0 radical (unpaired) electrons. The molecule has 0 bridgehead atoms. The van der Waals surface area contributed by atoms with E-state index in [0.29, 0.717) is 24.7 Å². The Bertz CT molecular complexity index is 769. The number of benzene rings is 2. The fourth-order valence-electron chi connectivity index (χ4n) is 2.43. The number of carboxylic acids is 1. The predicted molar refractivity (Wildman–Crippen MR) is 127 cm³/mol. The van der Waals surface area contributed by atoms with Crippen LogP contribution in [-0.4, -0.2) is 35.2 Å². The van der Waals surface area contributed by atoms with E-state index in [1.807, 2.05) is 69.3 Å². The number of nitrogens with one attached hydrogen (secondary N) is 2. The number of ether oxygens (including phenoxy) is 2. The van der Waals surface area contributed by atoms with Crippen LogP contribution in [0.1, 0.15) is 40.0 Å². The van der Waals surface area contributed by atoms with Crippen LogP contribution in [-0.2, 0) is 9.59 Å². The first-order valence-corrected chi connectivity index (χ1v) is 10.6. The molecule has 0 saturated heterocycles. The molecule has 2 aromatic carbocycles. The number of anilines is 2. The Labute approximate surface area is 188 Å². The lowest BCUT2D eigenvalue weighted by molar-refractivity contribution is -0.140. The van der Waals surface area contributed by atoms with Crippen LogP contribution in [0.15, 0.2) is 48.5 Å². The van der Waals surface area contributed by atoms with Crippen LogP contribution in [0.4, 0.5) is 11.4 Å². The highest BCUT2D eigenvalue weighted by Gasteiger charge is 2.04. The number of hydrogen-bond acceptors (Lipinski definition) is 5. The number of carboxylic acid groups (broad SMARTS) is 1. The molecule has 3 N–H and O–H groups in total. The van der Waals surface area contributed by atoms with E-state index in [4.69, 9.17) is 26.8 Å². The minimum atomic E-state index is -1.03. The van der Waals surface area contributed by atoms with Crippen molar-refractivity contribution in [3.8, 4) is 11.5 Å². The van der Waals surface area contributed by atoms with Gasteiger partial charge in [-0.25, -0.2) is 0 Å². The number of ketones is 1. The molecular weight excluding hydrogens is 416 g/mol. The fourth-order valence-corrected chi connectivity index (χ4v) is 2.67. The molecule has 0 heterocycles. The van der Waals surface area contributed by atoms with Crippen LogP contribution in [0.25, 0.3) is 0 Å². The minimum Gasteiger partial charge on any atom is -0.494 e. The predicted octanol–water partition coefficient (Wildman–Crippen LogP) is 5.12. The summed E-state index contributed by atoms with van der Waals surface area (Å²) in [6, 6.07) is 15.3. The van der Waals surface area contributed by atoms with Gasteiger partial charge in [0.15, 0.2) is 5.11 Å². The molecule has 0 spiro atoms. The lowest BCUT2D eigenvalue weighted by Crippen LogP contribution is -2.18. The molecule has 2 rings (SSSR count). The normalized spacial score (nSPS) is 9.65. The number of rotatable bonds is 10. The van der Waals surface area contributed by atoms with Crippen molar-refractivity contribution >= 4 is 40.5 Å². The SMILES string of the molecule is CCCC(=O)CC(=O)O.CCOc1ccc(NC(=S)Nc2ccc(OCC)cc2)cc1. The van der Waals surface area contributed by atoms with Gasteiger partial charge in [-0.1, -0.05) is 6.92 Å². The van der Waals surface area contributed by atoms with Crippen LogP contribution in [0.5, 0.6) is 11.5 Å². The lowest BCUT2D eigenvalue weighted by atomic mass is 10.2. The zero-order valence-electron chi connectivity index (χ0n) is 18.1. The van der Waals surface area contributed by atoms with Crippen LogP contribution < -0.4 is 20.1 Å². The van der Waals surface area contributed by atoms with Crippen molar-refractivity contribution in [2.75, 3.05) is 23.8 Å². The summed E-state index contributed by atoms with van der Waals surface area (Å²) in [4.78, 5) is 20.3. The third-order valence-corrected chi connectivity index (χ3v) is 3.93. The third-order valence-electron chi connectivity index (χ3n) is 3.72. The first kappa shape index (κ1) is 25.9. The maximum atomic E-state index is 10.5. The molecule has 7 nitrogen and oxygen atoms in total. The number of hydrogen-bond donors (Lipinski definition) is 3. The summed E-state index contributed by atoms with van der Waals surface area (Å²) >= 11 is 5.30. The van der Waals surface area contributed by atoms with Gasteiger partial charge < -0.3 is 25.2 Å². The molecule has 0 unspecified atom stereocenters. The summed E-state index contributed by atoms with van der Waals surface area (Å²) in [6.07, 6.45) is 0.784. The molecule has 2 aromatic rings. The van der Waals surface area contributed by atoms with Crippen molar-refractivity contribution in [1.82, 2.24) is 0 Å². The molecular formula is C23H30N2O5S. The summed E-state index contributed by atoms with van der Waals surface area (Å²) in [6.45, 7) is 7.08. The fraction of sp³-hybridized carbons (Fsp3) is 0.348. The molecule has 0 fully saturated rings. The zero-order valence-corrected chi connectivity index (χ0v) is 19.0. The largest absolute Gasteiger partial charge is 0.494 e. The Hall–Kier alpha value is -3.13. The number of carbonyl (C=O) groups excluding carboxylic acids is 1. The van der Waals surface area contributed by atoms with Crippen LogP contribution in [0, 0.1) is 0 Å². The van der Waals surface area contributed by atoms with Gasteiger partial charge >= 0.3 is 5.97 Å². The van der Waals surface area contributed by atoms with Crippen molar-refractivity contribution in [3.63, 3.8) is 0 Å². The maximum Gasteiger partial charge on any atom is 0.310 e. The van der Waals surface area contributed by atoms with E-state index in [1.54, 1.807) is 0 Å². The van der Waals surface area contributed by atoms with E-state index in [-0.39, 0.29) is 12.2 Å². The van der Waals surface area contributed by atoms with Crippen molar-refractivity contribution < 1.29 is 24.2 Å². The van der Waals surface area contributed by atoms with E-state index in [0.717, 1.165) is 29.3 Å². The third kappa shape index (κ3) is 11.6. The first-order valence-electron chi connectivity index (χ1n) is 10.1. The van der Waals surface area contributed by atoms with Gasteiger partial charge in [-0.2, -0.15) is 0 Å². The van der Waals surface area contributed by atoms with Gasteiger partial charge in [0.2, 0.25) is 0 Å². The van der Waals surface area contributed by atoms with Crippen molar-refractivity contribution in [2.24, 2.45) is 0 Å². The molecule has 0 aliphatic heterocycles. The van der Waals surface area contributed by atoms with E-state index < -0.39 is 5.97 Å². The van der Waals surface area contributed by atoms with E-state index in [9.17, 15) is 9.59 Å². The Kier molecular flexibility index (Phi) is 12.4. The second kappa shape index (κ2) is 14.8. The van der Waals surface area contributed by atoms with Gasteiger partial charge in [-0.15, -0.1) is 0 Å². The monoisotopic (exact) mass is 446 g/mol. The molecule has 0 atom stereocenters. The second-order valence-corrected chi connectivity index (χ2v) is 6.76. The Balaban J connectivity index is 0.000000452. The number of aliphatic carboxylic acids is 1. The maximum absolute atomic E-state index is 10.5. The molecule has 0 aliphatic rings. The van der Waals surface area contributed by atoms with Crippen LogP contribution in [0.2, 0.25) is 0 Å². The molecule has 31 heavy (non-hydrogen) atoms. The average molecular weight is 447 g/mol. The summed E-state index contributed by atoms with van der Waals surface area (Å²) in [5.74, 6) is 0.468. The van der Waals surface area contributed by atoms with Crippen molar-refractivity contribution in [2.45, 2.75) is 40.0 Å². The molecule has 0 aromatic heterocycles. The quantitative estimate of drug-likeness (QED) is 0.342. The first-order chi connectivity index (χ1) is 14.9. The Morgan fingerprint density at radius 2 is 1.26 bits per heavy atom. The Morgan fingerprint density at radius 3 is 1.58 bits per heavy atom. The van der Waals surface area contributed by atoms with E-state index in [1.165, 1.54) is 0 Å². The molecule has 8 heteroatoms. The number of Topliss-reactive ketones (excluding diaryl/α,β-unsaturated/α-hetero) is 1. The lowest BCUT2D eigenvalue weighted by Gasteiger charge is -2.12. The van der Waals surface area contributed by atoms with Gasteiger partial charge in [0.25, 0.3) is 0 Å². The summed E-state index contributed by atoms with van der Waals surface area (Å²) in [7, 11) is 0. The molecule has 0 saturated carbocycles. The topological polar surface area (TPSA) is 96.9 Å².